The summed E-state index contributed by atoms with van der Waals surface area (Å²) >= 11 is 0. The molecule has 0 radical (unpaired) electrons. The lowest BCUT2D eigenvalue weighted by Gasteiger charge is -2.31. The third-order valence-corrected chi connectivity index (χ3v) is 8.82. The molecule has 0 fully saturated rings. The predicted molar refractivity (Wildman–Crippen MR) is 169 cm³/mol. The summed E-state index contributed by atoms with van der Waals surface area (Å²) in [6.07, 6.45) is 3.54. The number of halogens is 1. The van der Waals surface area contributed by atoms with Gasteiger partial charge in [-0.2, -0.15) is 0 Å². The number of hydrogen-bond donors (Lipinski definition) is 4. The Balaban J connectivity index is 2.29. The number of carbonyl (C=O) groups excluding carboxylic acids is 3. The second-order valence-electron chi connectivity index (χ2n) is 12.6. The van der Waals surface area contributed by atoms with E-state index in [0.717, 1.165) is 10.6 Å². The van der Waals surface area contributed by atoms with Crippen molar-refractivity contribution in [2.45, 2.75) is 79.0 Å². The minimum atomic E-state index is -3.69. The van der Waals surface area contributed by atoms with Crippen LogP contribution in [0.25, 0.3) is 0 Å². The molecule has 1 aromatic rings. The molecule has 246 valence electrons. The molecule has 0 saturated heterocycles. The van der Waals surface area contributed by atoms with Crippen LogP contribution in [0.5, 0.6) is 0 Å². The molecule has 0 aliphatic heterocycles. The number of nitrogens with zero attached hydrogens (tertiary/aromatic N) is 1. The number of aliphatic hydroxyl groups excluding tert-OH is 1. The monoisotopic (exact) mass is 636 g/mol. The molecule has 0 aromatic heterocycles. The molecule has 44 heavy (non-hydrogen) atoms. The molecule has 10 nitrogen and oxygen atoms in total. The Labute approximate surface area is 261 Å². The summed E-state index contributed by atoms with van der Waals surface area (Å²) < 4.78 is 39.2. The minimum Gasteiger partial charge on any atom is -0.391 e. The van der Waals surface area contributed by atoms with Gasteiger partial charge in [-0.3, -0.25) is 18.7 Å². The van der Waals surface area contributed by atoms with Crippen LogP contribution in [0, 0.1) is 29.5 Å². The number of sulfonamides is 1. The average molecular weight is 637 g/mol. The van der Waals surface area contributed by atoms with Crippen LogP contribution in [0.4, 0.5) is 4.39 Å². The van der Waals surface area contributed by atoms with Crippen molar-refractivity contribution in [3.05, 3.63) is 59.1 Å². The van der Waals surface area contributed by atoms with Gasteiger partial charge in [0.2, 0.25) is 21.8 Å². The molecule has 0 bridgehead atoms. The molecule has 0 spiro atoms. The lowest BCUT2D eigenvalue weighted by atomic mass is 9.89. The van der Waals surface area contributed by atoms with Gasteiger partial charge in [0.05, 0.1) is 30.4 Å². The fourth-order valence-corrected chi connectivity index (χ4v) is 5.42. The lowest BCUT2D eigenvalue weighted by molar-refractivity contribution is -0.126. The molecule has 3 amide bonds. The Kier molecular flexibility index (Phi) is 13.6. The highest BCUT2D eigenvalue weighted by Crippen LogP contribution is 2.28. The Hall–Kier alpha value is -3.25. The SMILES string of the molecule is CC(C)CNC(=O)[C@H](C)C[C@H](O)[C@H](CC(C)C)NC(=O)C1C=C(C(=O)N[C@H](C)c2ccc(F)cc2)C=C(N(C)S(C)(=O)=O)C1. The van der Waals surface area contributed by atoms with Crippen molar-refractivity contribution >= 4 is 27.7 Å². The second kappa shape index (κ2) is 16.2. The average Bonchev–Trinajstić information content (AvgIpc) is 2.94. The minimum absolute atomic E-state index is 0.0121. The van der Waals surface area contributed by atoms with E-state index in [0.29, 0.717) is 18.5 Å². The smallest absolute Gasteiger partial charge is 0.251 e. The summed E-state index contributed by atoms with van der Waals surface area (Å²) in [5.41, 5.74) is 1.03. The summed E-state index contributed by atoms with van der Waals surface area (Å²) in [7, 11) is -2.34. The summed E-state index contributed by atoms with van der Waals surface area (Å²) in [6, 6.07) is 4.52. The highest BCUT2D eigenvalue weighted by Gasteiger charge is 2.32. The van der Waals surface area contributed by atoms with Gasteiger partial charge >= 0.3 is 0 Å². The summed E-state index contributed by atoms with van der Waals surface area (Å²) in [5.74, 6) is -2.58. The Morgan fingerprint density at radius 3 is 2.16 bits per heavy atom. The van der Waals surface area contributed by atoms with Crippen molar-refractivity contribution in [2.75, 3.05) is 19.8 Å². The van der Waals surface area contributed by atoms with Crippen LogP contribution in [0.1, 0.15) is 72.4 Å². The first kappa shape index (κ1) is 36.9. The molecule has 1 aromatic carbocycles. The molecule has 12 heteroatoms. The van der Waals surface area contributed by atoms with Crippen LogP contribution in [-0.4, -0.2) is 67.5 Å². The summed E-state index contributed by atoms with van der Waals surface area (Å²) in [4.78, 5) is 39.5. The van der Waals surface area contributed by atoms with Crippen LogP contribution >= 0.6 is 0 Å². The molecule has 1 aliphatic rings. The number of rotatable bonds is 15. The lowest BCUT2D eigenvalue weighted by Crippen LogP contribution is -2.48. The number of amides is 3. The maximum Gasteiger partial charge on any atom is 0.251 e. The molecule has 1 unspecified atom stereocenters. The van der Waals surface area contributed by atoms with Gasteiger partial charge < -0.3 is 21.1 Å². The zero-order chi connectivity index (χ0) is 33.4. The highest BCUT2D eigenvalue weighted by atomic mass is 32.2. The van der Waals surface area contributed by atoms with E-state index < -0.39 is 57.7 Å². The highest BCUT2D eigenvalue weighted by molar-refractivity contribution is 7.88. The third-order valence-electron chi connectivity index (χ3n) is 7.60. The van der Waals surface area contributed by atoms with Gasteiger partial charge in [0.25, 0.3) is 5.91 Å². The van der Waals surface area contributed by atoms with Crippen molar-refractivity contribution in [3.63, 3.8) is 0 Å². The Morgan fingerprint density at radius 1 is 1.00 bits per heavy atom. The first-order chi connectivity index (χ1) is 20.4. The first-order valence-corrected chi connectivity index (χ1v) is 16.9. The number of nitrogens with one attached hydrogen (secondary N) is 3. The van der Waals surface area contributed by atoms with Crippen LogP contribution in [0.3, 0.4) is 0 Å². The second-order valence-corrected chi connectivity index (χ2v) is 14.6. The van der Waals surface area contributed by atoms with E-state index in [1.54, 1.807) is 26.0 Å². The van der Waals surface area contributed by atoms with E-state index in [-0.39, 0.29) is 41.9 Å². The predicted octanol–water partition coefficient (Wildman–Crippen LogP) is 3.41. The fraction of sp³-hybridized carbons (Fsp3) is 0.594. The van der Waals surface area contributed by atoms with Gasteiger partial charge in [0.1, 0.15) is 5.82 Å². The number of benzene rings is 1. The van der Waals surface area contributed by atoms with Gasteiger partial charge in [-0.05, 0) is 55.4 Å². The quantitative estimate of drug-likeness (QED) is 0.232. The van der Waals surface area contributed by atoms with Gasteiger partial charge in [-0.1, -0.05) is 52.8 Å². The van der Waals surface area contributed by atoms with Crippen LogP contribution < -0.4 is 16.0 Å². The van der Waals surface area contributed by atoms with Crippen molar-refractivity contribution in [2.24, 2.45) is 23.7 Å². The van der Waals surface area contributed by atoms with Crippen molar-refractivity contribution in [1.82, 2.24) is 20.3 Å². The van der Waals surface area contributed by atoms with Crippen molar-refractivity contribution in [1.29, 1.82) is 0 Å². The zero-order valence-corrected chi connectivity index (χ0v) is 27.9. The standard InChI is InChI=1S/C32H49FN4O6S/c1-19(2)13-28(29(38)14-21(5)30(39)34-18-20(3)4)36-32(41)25-15-24(16-27(17-25)37(7)44(8,42)43)31(40)35-22(6)23-9-11-26(33)12-10-23/h9-12,15-16,19-22,25,28-29,38H,13-14,17-18H2,1-8H3,(H,34,39)(H,35,40)(H,36,41)/t21-,22-,25?,28+,29+/m1/s1. The van der Waals surface area contributed by atoms with E-state index in [9.17, 15) is 32.3 Å². The van der Waals surface area contributed by atoms with Crippen molar-refractivity contribution in [3.8, 4) is 0 Å². The van der Waals surface area contributed by atoms with Crippen molar-refractivity contribution < 1.29 is 32.3 Å². The van der Waals surface area contributed by atoms with E-state index in [1.165, 1.54) is 31.3 Å². The Morgan fingerprint density at radius 2 is 1.61 bits per heavy atom. The van der Waals surface area contributed by atoms with Crippen LogP contribution in [-0.2, 0) is 24.4 Å². The maximum absolute atomic E-state index is 13.6. The van der Waals surface area contributed by atoms with E-state index >= 15 is 0 Å². The molecule has 0 saturated carbocycles. The molecule has 1 aliphatic carbocycles. The summed E-state index contributed by atoms with van der Waals surface area (Å²) in [6.45, 7) is 11.9. The molecular formula is C32H49FN4O6S. The number of aliphatic hydroxyl groups is 1. The number of allylic oxidation sites excluding steroid dienone is 1. The topological polar surface area (TPSA) is 145 Å². The molecule has 4 N–H and O–H groups in total. The fourth-order valence-electron chi connectivity index (χ4n) is 4.87. The number of hydrogen-bond acceptors (Lipinski definition) is 6. The first-order valence-electron chi connectivity index (χ1n) is 15.1. The van der Waals surface area contributed by atoms with E-state index in [1.807, 2.05) is 27.7 Å². The van der Waals surface area contributed by atoms with Crippen LogP contribution in [0.15, 0.2) is 47.7 Å². The van der Waals surface area contributed by atoms with Gasteiger partial charge in [-0.25, -0.2) is 12.8 Å². The van der Waals surface area contributed by atoms with Gasteiger partial charge in [-0.15, -0.1) is 0 Å². The largest absolute Gasteiger partial charge is 0.391 e. The zero-order valence-electron chi connectivity index (χ0n) is 27.1. The molecule has 2 rings (SSSR count). The maximum atomic E-state index is 13.6. The molecule has 0 heterocycles. The normalized spacial score (nSPS) is 18.0. The van der Waals surface area contributed by atoms with Crippen LogP contribution in [0.2, 0.25) is 0 Å². The van der Waals surface area contributed by atoms with Gasteiger partial charge in [0.15, 0.2) is 0 Å². The molecular weight excluding hydrogens is 587 g/mol. The van der Waals surface area contributed by atoms with Gasteiger partial charge in [0, 0.05) is 37.2 Å². The van der Waals surface area contributed by atoms with E-state index in [2.05, 4.69) is 16.0 Å². The number of carbonyl (C=O) groups is 3. The molecule has 5 atom stereocenters. The van der Waals surface area contributed by atoms with E-state index in [4.69, 9.17) is 0 Å². The third kappa shape index (κ3) is 11.4. The summed E-state index contributed by atoms with van der Waals surface area (Å²) in [5, 5.41) is 19.7. The Bertz CT molecular complexity index is 1330.